The zero-order chi connectivity index (χ0) is 27.5. The van der Waals surface area contributed by atoms with Gasteiger partial charge in [-0.2, -0.15) is 0 Å². The third-order valence-corrected chi connectivity index (χ3v) is 7.32. The number of benzene rings is 3. The van der Waals surface area contributed by atoms with Gasteiger partial charge in [-0.1, -0.05) is 44.2 Å². The summed E-state index contributed by atoms with van der Waals surface area (Å²) in [5.74, 6) is -0.503. The van der Waals surface area contributed by atoms with Gasteiger partial charge in [0.05, 0.1) is 16.8 Å². The molecule has 6 heteroatoms. The van der Waals surface area contributed by atoms with Crippen LogP contribution in [-0.4, -0.2) is 22.7 Å². The summed E-state index contributed by atoms with van der Waals surface area (Å²) in [6.45, 7) is 5.85. The standard InChI is InChI=1S/C33H34FN3O2/c1-4-8-25(38)15-20(2)26-14-11-22(17-30(26)34)27-18-28-31(16-21(27)3)35-19-29(33(39)37-24-12-13-24)32(28)36-23-9-6-5-7-10-23/h5-7,9-11,14,16-20,24H,4,8,12-13,15H2,1-3H3,(H,35,36)(H,37,39). The minimum atomic E-state index is -0.317. The lowest BCUT2D eigenvalue weighted by molar-refractivity contribution is -0.119. The number of nitrogens with one attached hydrogen (secondary N) is 2. The summed E-state index contributed by atoms with van der Waals surface area (Å²) in [6, 6.07) is 19.1. The van der Waals surface area contributed by atoms with Crippen molar-refractivity contribution in [2.75, 3.05) is 5.32 Å². The molecule has 0 bridgehead atoms. The Balaban J connectivity index is 1.56. The van der Waals surface area contributed by atoms with Crippen LogP contribution < -0.4 is 10.6 Å². The molecule has 1 saturated carbocycles. The van der Waals surface area contributed by atoms with Crippen LogP contribution >= 0.6 is 0 Å². The first-order valence-electron chi connectivity index (χ1n) is 13.7. The molecule has 0 saturated heterocycles. The Morgan fingerprint density at radius 1 is 1.08 bits per heavy atom. The number of rotatable bonds is 10. The van der Waals surface area contributed by atoms with Gasteiger partial charge in [-0.3, -0.25) is 14.6 Å². The van der Waals surface area contributed by atoms with Crippen molar-refractivity contribution in [1.29, 1.82) is 0 Å². The number of nitrogens with zero attached hydrogens (tertiary/aromatic N) is 1. The maximum atomic E-state index is 15.3. The van der Waals surface area contributed by atoms with Crippen molar-refractivity contribution in [2.24, 2.45) is 0 Å². The fourth-order valence-corrected chi connectivity index (χ4v) is 5.04. The van der Waals surface area contributed by atoms with E-state index in [1.165, 1.54) is 0 Å². The highest BCUT2D eigenvalue weighted by atomic mass is 19.1. The third-order valence-electron chi connectivity index (χ3n) is 7.32. The molecule has 0 radical (unpaired) electrons. The van der Waals surface area contributed by atoms with Crippen LogP contribution in [0.2, 0.25) is 0 Å². The summed E-state index contributed by atoms with van der Waals surface area (Å²) in [7, 11) is 0. The van der Waals surface area contributed by atoms with Gasteiger partial charge in [0, 0.05) is 36.2 Å². The summed E-state index contributed by atoms with van der Waals surface area (Å²) < 4.78 is 15.3. The maximum Gasteiger partial charge on any atom is 0.255 e. The number of hydrogen-bond donors (Lipinski definition) is 2. The van der Waals surface area contributed by atoms with Crippen LogP contribution in [0.15, 0.2) is 66.9 Å². The quantitative estimate of drug-likeness (QED) is 0.222. The molecule has 0 aliphatic heterocycles. The van der Waals surface area contributed by atoms with Gasteiger partial charge < -0.3 is 10.6 Å². The Labute approximate surface area is 228 Å². The summed E-state index contributed by atoms with van der Waals surface area (Å²) >= 11 is 0. The average Bonchev–Trinajstić information content (AvgIpc) is 3.73. The Bertz CT molecular complexity index is 1530. The molecule has 2 N–H and O–H groups in total. The SMILES string of the molecule is CCCC(=O)CC(C)c1ccc(-c2cc3c(Nc4ccccc4)c(C(=O)NC4CC4)cnc3cc2C)cc1F. The van der Waals surface area contributed by atoms with E-state index in [1.807, 2.05) is 69.3 Å². The number of aromatic nitrogens is 1. The number of amides is 1. The monoisotopic (exact) mass is 523 g/mol. The minimum absolute atomic E-state index is 0.158. The molecule has 1 aliphatic rings. The van der Waals surface area contributed by atoms with Crippen LogP contribution in [0.1, 0.15) is 73.4 Å². The number of Topliss-reactive ketones (excluding diaryl/α,β-unsaturated/α-hetero) is 1. The second-order valence-corrected chi connectivity index (χ2v) is 10.6. The molecule has 3 aromatic carbocycles. The lowest BCUT2D eigenvalue weighted by atomic mass is 9.91. The Hall–Kier alpha value is -4.06. The zero-order valence-corrected chi connectivity index (χ0v) is 22.7. The van der Waals surface area contributed by atoms with Crippen LogP contribution in [-0.2, 0) is 4.79 Å². The predicted octanol–water partition coefficient (Wildman–Crippen LogP) is 7.85. The minimum Gasteiger partial charge on any atom is -0.354 e. The van der Waals surface area contributed by atoms with Gasteiger partial charge in [0.1, 0.15) is 11.6 Å². The molecule has 1 amide bonds. The number of halogens is 1. The van der Waals surface area contributed by atoms with Gasteiger partial charge in [0.25, 0.3) is 5.91 Å². The fraction of sp³-hybridized carbons (Fsp3) is 0.303. The highest BCUT2D eigenvalue weighted by Gasteiger charge is 2.26. The van der Waals surface area contributed by atoms with Crippen molar-refractivity contribution in [3.63, 3.8) is 0 Å². The molecule has 200 valence electrons. The lowest BCUT2D eigenvalue weighted by Crippen LogP contribution is -2.26. The van der Waals surface area contributed by atoms with Crippen LogP contribution in [0.4, 0.5) is 15.8 Å². The molecule has 5 nitrogen and oxygen atoms in total. The van der Waals surface area contributed by atoms with Crippen molar-refractivity contribution in [2.45, 2.75) is 64.8 Å². The second kappa shape index (κ2) is 11.4. The molecule has 4 aromatic rings. The van der Waals surface area contributed by atoms with Gasteiger partial charge in [-0.25, -0.2) is 4.39 Å². The summed E-state index contributed by atoms with van der Waals surface area (Å²) in [5.41, 5.74) is 5.85. The largest absolute Gasteiger partial charge is 0.354 e. The highest BCUT2D eigenvalue weighted by molar-refractivity contribution is 6.09. The number of anilines is 2. The number of ketones is 1. The fourth-order valence-electron chi connectivity index (χ4n) is 5.04. The Morgan fingerprint density at radius 3 is 2.54 bits per heavy atom. The molecule has 1 heterocycles. The molecule has 0 spiro atoms. The van der Waals surface area contributed by atoms with E-state index in [0.29, 0.717) is 29.7 Å². The van der Waals surface area contributed by atoms with Crippen molar-refractivity contribution in [3.05, 3.63) is 89.4 Å². The second-order valence-electron chi connectivity index (χ2n) is 10.6. The van der Waals surface area contributed by atoms with Gasteiger partial charge >= 0.3 is 0 Å². The van der Waals surface area contributed by atoms with E-state index in [1.54, 1.807) is 18.3 Å². The molecule has 5 rings (SSSR count). The van der Waals surface area contributed by atoms with Crippen LogP contribution in [0.5, 0.6) is 0 Å². The summed E-state index contributed by atoms with van der Waals surface area (Å²) in [5, 5.41) is 7.30. The van der Waals surface area contributed by atoms with E-state index in [0.717, 1.165) is 52.5 Å². The molecule has 1 unspecified atom stereocenters. The number of carbonyl (C=O) groups excluding carboxylic acids is 2. The number of fused-ring (bicyclic) bond motifs is 1. The lowest BCUT2D eigenvalue weighted by Gasteiger charge is -2.17. The molecule has 1 fully saturated rings. The van der Waals surface area contributed by atoms with Crippen LogP contribution in [0.3, 0.4) is 0 Å². The Kier molecular flexibility index (Phi) is 7.73. The molecule has 39 heavy (non-hydrogen) atoms. The number of para-hydroxylation sites is 1. The van der Waals surface area contributed by atoms with E-state index < -0.39 is 0 Å². The first kappa shape index (κ1) is 26.5. The smallest absolute Gasteiger partial charge is 0.255 e. The Morgan fingerprint density at radius 2 is 1.85 bits per heavy atom. The van der Waals surface area contributed by atoms with E-state index in [4.69, 9.17) is 0 Å². The molecule has 1 atom stereocenters. The van der Waals surface area contributed by atoms with Gasteiger partial charge in [-0.05, 0) is 84.7 Å². The van der Waals surface area contributed by atoms with E-state index in [2.05, 4.69) is 15.6 Å². The number of hydrogen-bond acceptors (Lipinski definition) is 4. The van der Waals surface area contributed by atoms with Crippen LogP contribution in [0.25, 0.3) is 22.0 Å². The molecule has 1 aliphatic carbocycles. The summed E-state index contributed by atoms with van der Waals surface area (Å²) in [4.78, 5) is 29.9. The number of carbonyl (C=O) groups is 2. The van der Waals surface area contributed by atoms with E-state index in [-0.39, 0.29) is 29.5 Å². The van der Waals surface area contributed by atoms with E-state index in [9.17, 15) is 9.59 Å². The first-order chi connectivity index (χ1) is 18.8. The van der Waals surface area contributed by atoms with E-state index >= 15 is 4.39 Å². The normalized spacial score (nSPS) is 13.7. The van der Waals surface area contributed by atoms with Crippen LogP contribution in [0, 0.1) is 12.7 Å². The van der Waals surface area contributed by atoms with Crippen molar-refractivity contribution in [1.82, 2.24) is 10.3 Å². The van der Waals surface area contributed by atoms with Gasteiger partial charge in [0.2, 0.25) is 0 Å². The average molecular weight is 524 g/mol. The van der Waals surface area contributed by atoms with Gasteiger partial charge in [0.15, 0.2) is 0 Å². The predicted molar refractivity (Wildman–Crippen MR) is 155 cm³/mol. The topological polar surface area (TPSA) is 71.1 Å². The van der Waals surface area contributed by atoms with Crippen molar-refractivity contribution in [3.8, 4) is 11.1 Å². The van der Waals surface area contributed by atoms with Gasteiger partial charge in [-0.15, -0.1) is 0 Å². The van der Waals surface area contributed by atoms with Crippen molar-refractivity contribution < 1.29 is 14.0 Å². The first-order valence-corrected chi connectivity index (χ1v) is 13.7. The third kappa shape index (κ3) is 6.00. The zero-order valence-electron chi connectivity index (χ0n) is 22.7. The van der Waals surface area contributed by atoms with Crippen molar-refractivity contribution >= 4 is 34.0 Å². The molecular formula is C33H34FN3O2. The molecule has 1 aromatic heterocycles. The summed E-state index contributed by atoms with van der Waals surface area (Å²) in [6.07, 6.45) is 5.27. The molecular weight excluding hydrogens is 489 g/mol. The highest BCUT2D eigenvalue weighted by Crippen LogP contribution is 2.36. The number of aryl methyl sites for hydroxylation is 1. The maximum absolute atomic E-state index is 15.3. The number of pyridine rings is 1.